The molecule has 1 aliphatic carbocycles. The second-order valence-electron chi connectivity index (χ2n) is 5.81. The summed E-state index contributed by atoms with van der Waals surface area (Å²) >= 11 is 0. The van der Waals surface area contributed by atoms with Gasteiger partial charge in [0.15, 0.2) is 0 Å². The van der Waals surface area contributed by atoms with Gasteiger partial charge in [-0.2, -0.15) is 0 Å². The maximum atomic E-state index is 12.0. The van der Waals surface area contributed by atoms with Crippen LogP contribution in [0.2, 0.25) is 0 Å². The summed E-state index contributed by atoms with van der Waals surface area (Å²) in [6.07, 6.45) is 5.18. The van der Waals surface area contributed by atoms with Crippen molar-refractivity contribution >= 4 is 11.9 Å². The van der Waals surface area contributed by atoms with E-state index in [0.29, 0.717) is 19.3 Å². The van der Waals surface area contributed by atoms with Crippen molar-refractivity contribution in [2.45, 2.75) is 31.4 Å². The van der Waals surface area contributed by atoms with Crippen molar-refractivity contribution in [3.63, 3.8) is 0 Å². The normalized spacial score (nSPS) is 21.5. The molecule has 0 radical (unpaired) electrons. The van der Waals surface area contributed by atoms with Crippen LogP contribution in [0.25, 0.3) is 0 Å². The molecule has 1 atom stereocenters. The number of aliphatic hydroxyl groups is 1. The van der Waals surface area contributed by atoms with Crippen molar-refractivity contribution in [2.24, 2.45) is 11.7 Å². The van der Waals surface area contributed by atoms with E-state index in [2.05, 4.69) is 10.3 Å². The number of aromatic nitrogens is 1. The number of rotatable bonds is 6. The summed E-state index contributed by atoms with van der Waals surface area (Å²) < 4.78 is 0. The fourth-order valence-corrected chi connectivity index (χ4v) is 2.61. The van der Waals surface area contributed by atoms with E-state index in [9.17, 15) is 14.7 Å². The number of amides is 3. The van der Waals surface area contributed by atoms with E-state index < -0.39 is 6.03 Å². The Morgan fingerprint density at radius 1 is 1.45 bits per heavy atom. The Hall–Kier alpha value is -2.15. The lowest BCUT2D eigenvalue weighted by Gasteiger charge is -2.38. The third-order valence-corrected chi connectivity index (χ3v) is 4.03. The standard InChI is InChI=1S/C15H22N4O3/c1-19(15(16)22)9-14(21)18-13(11-7-12(20)8-11)6-10-2-4-17-5-3-10/h2-5,11-13,20H,6-9H2,1H3,(H2,16,22)(H,18,21)/t11?,12?,13-/m0/s1. The number of nitrogens with one attached hydrogen (secondary N) is 1. The van der Waals surface area contributed by atoms with E-state index in [4.69, 9.17) is 5.73 Å². The Balaban J connectivity index is 1.96. The summed E-state index contributed by atoms with van der Waals surface area (Å²) in [5, 5.41) is 12.4. The number of hydrogen-bond acceptors (Lipinski definition) is 4. The average Bonchev–Trinajstić information content (AvgIpc) is 2.44. The van der Waals surface area contributed by atoms with Crippen molar-refractivity contribution < 1.29 is 14.7 Å². The van der Waals surface area contributed by atoms with E-state index in [0.717, 1.165) is 10.5 Å². The van der Waals surface area contributed by atoms with Gasteiger partial charge in [-0.25, -0.2) is 4.79 Å². The minimum Gasteiger partial charge on any atom is -0.393 e. The third-order valence-electron chi connectivity index (χ3n) is 4.03. The molecule has 1 aromatic rings. The Kier molecular flexibility index (Phi) is 5.32. The van der Waals surface area contributed by atoms with E-state index in [1.165, 1.54) is 7.05 Å². The molecule has 1 aromatic heterocycles. The predicted molar refractivity (Wildman–Crippen MR) is 80.8 cm³/mol. The summed E-state index contributed by atoms with van der Waals surface area (Å²) in [4.78, 5) is 28.2. The molecular formula is C15H22N4O3. The molecule has 2 rings (SSSR count). The summed E-state index contributed by atoms with van der Waals surface area (Å²) in [5.74, 6) is -0.00672. The van der Waals surface area contributed by atoms with Gasteiger partial charge in [-0.3, -0.25) is 9.78 Å². The zero-order valence-electron chi connectivity index (χ0n) is 12.6. The molecule has 0 saturated heterocycles. The predicted octanol–water partition coefficient (Wildman–Crippen LogP) is -0.110. The molecule has 1 heterocycles. The first-order valence-corrected chi connectivity index (χ1v) is 7.32. The number of nitrogens with two attached hydrogens (primary N) is 1. The highest BCUT2D eigenvalue weighted by atomic mass is 16.3. The molecular weight excluding hydrogens is 284 g/mol. The first kappa shape index (κ1) is 16.2. The van der Waals surface area contributed by atoms with E-state index in [-0.39, 0.29) is 30.5 Å². The highest BCUT2D eigenvalue weighted by Gasteiger charge is 2.34. The molecule has 7 nitrogen and oxygen atoms in total. The van der Waals surface area contributed by atoms with Gasteiger partial charge in [0.25, 0.3) is 0 Å². The van der Waals surface area contributed by atoms with Crippen LogP contribution in [0.5, 0.6) is 0 Å². The van der Waals surface area contributed by atoms with Crippen LogP contribution in [0.4, 0.5) is 4.79 Å². The number of primary amides is 1. The first-order chi connectivity index (χ1) is 10.5. The van der Waals surface area contributed by atoms with Gasteiger partial charge in [0.2, 0.25) is 5.91 Å². The second kappa shape index (κ2) is 7.22. The summed E-state index contributed by atoms with van der Waals surface area (Å²) in [6.45, 7) is -0.0720. The van der Waals surface area contributed by atoms with Crippen LogP contribution < -0.4 is 11.1 Å². The highest BCUT2D eigenvalue weighted by molar-refractivity contribution is 5.83. The van der Waals surface area contributed by atoms with E-state index in [1.807, 2.05) is 12.1 Å². The van der Waals surface area contributed by atoms with Gasteiger partial charge in [-0.05, 0) is 42.9 Å². The number of likely N-dealkylation sites (N-methyl/N-ethyl adjacent to an activating group) is 1. The first-order valence-electron chi connectivity index (χ1n) is 7.32. The lowest BCUT2D eigenvalue weighted by atomic mass is 9.75. The number of pyridine rings is 1. The highest BCUT2D eigenvalue weighted by Crippen LogP contribution is 2.31. The van der Waals surface area contributed by atoms with Gasteiger partial charge >= 0.3 is 6.03 Å². The van der Waals surface area contributed by atoms with Crippen LogP contribution >= 0.6 is 0 Å². The van der Waals surface area contributed by atoms with Gasteiger partial charge in [0, 0.05) is 25.5 Å². The quantitative estimate of drug-likeness (QED) is 0.681. The molecule has 0 aromatic carbocycles. The van der Waals surface area contributed by atoms with Crippen LogP contribution in [0, 0.1) is 5.92 Å². The lowest BCUT2D eigenvalue weighted by molar-refractivity contribution is -0.123. The zero-order valence-corrected chi connectivity index (χ0v) is 12.6. The van der Waals surface area contributed by atoms with Crippen LogP contribution in [-0.4, -0.2) is 52.7 Å². The summed E-state index contributed by atoms with van der Waals surface area (Å²) in [6, 6.07) is 3.10. The number of aliphatic hydroxyl groups excluding tert-OH is 1. The van der Waals surface area contributed by atoms with Crippen LogP contribution in [0.3, 0.4) is 0 Å². The zero-order chi connectivity index (χ0) is 16.1. The van der Waals surface area contributed by atoms with Gasteiger partial charge < -0.3 is 21.1 Å². The average molecular weight is 306 g/mol. The number of hydrogen-bond donors (Lipinski definition) is 3. The largest absolute Gasteiger partial charge is 0.393 e. The van der Waals surface area contributed by atoms with Crippen molar-refractivity contribution in [1.82, 2.24) is 15.2 Å². The Morgan fingerprint density at radius 3 is 2.64 bits per heavy atom. The molecule has 0 unspecified atom stereocenters. The molecule has 7 heteroatoms. The maximum Gasteiger partial charge on any atom is 0.314 e. The molecule has 3 amide bonds. The maximum absolute atomic E-state index is 12.0. The van der Waals surface area contributed by atoms with E-state index in [1.54, 1.807) is 12.4 Å². The van der Waals surface area contributed by atoms with Crippen LogP contribution in [0.15, 0.2) is 24.5 Å². The minimum atomic E-state index is -0.639. The van der Waals surface area contributed by atoms with Crippen molar-refractivity contribution in [2.75, 3.05) is 13.6 Å². The Bertz CT molecular complexity index is 517. The Morgan fingerprint density at radius 2 is 2.09 bits per heavy atom. The number of carbonyl (C=O) groups is 2. The number of carbonyl (C=O) groups excluding carboxylic acids is 2. The summed E-state index contributed by atoms with van der Waals surface area (Å²) in [7, 11) is 1.48. The van der Waals surface area contributed by atoms with Crippen molar-refractivity contribution in [3.8, 4) is 0 Å². The topological polar surface area (TPSA) is 109 Å². The lowest BCUT2D eigenvalue weighted by Crippen LogP contribution is -2.51. The van der Waals surface area contributed by atoms with Gasteiger partial charge in [-0.1, -0.05) is 0 Å². The number of nitrogens with zero attached hydrogens (tertiary/aromatic N) is 2. The Labute approximate surface area is 129 Å². The fraction of sp³-hybridized carbons (Fsp3) is 0.533. The molecule has 4 N–H and O–H groups in total. The molecule has 22 heavy (non-hydrogen) atoms. The van der Waals surface area contributed by atoms with Crippen molar-refractivity contribution in [3.05, 3.63) is 30.1 Å². The van der Waals surface area contributed by atoms with Gasteiger partial charge in [-0.15, -0.1) is 0 Å². The van der Waals surface area contributed by atoms with Crippen LogP contribution in [-0.2, 0) is 11.2 Å². The molecule has 0 aliphatic heterocycles. The third kappa shape index (κ3) is 4.42. The van der Waals surface area contributed by atoms with E-state index >= 15 is 0 Å². The van der Waals surface area contributed by atoms with Gasteiger partial charge in [0.1, 0.15) is 6.54 Å². The SMILES string of the molecule is CN(CC(=O)N[C@@H](Cc1ccncc1)C1CC(O)C1)C(N)=O. The fourth-order valence-electron chi connectivity index (χ4n) is 2.61. The number of urea groups is 1. The molecule has 1 saturated carbocycles. The summed E-state index contributed by atoms with van der Waals surface area (Å²) in [5.41, 5.74) is 6.19. The molecule has 1 aliphatic rings. The smallest absolute Gasteiger partial charge is 0.314 e. The van der Waals surface area contributed by atoms with Crippen LogP contribution in [0.1, 0.15) is 18.4 Å². The molecule has 0 spiro atoms. The molecule has 120 valence electrons. The molecule has 1 fully saturated rings. The van der Waals surface area contributed by atoms with Crippen molar-refractivity contribution in [1.29, 1.82) is 0 Å². The van der Waals surface area contributed by atoms with Gasteiger partial charge in [0.05, 0.1) is 6.10 Å². The minimum absolute atomic E-state index is 0.0698. The monoisotopic (exact) mass is 306 g/mol. The second-order valence-corrected chi connectivity index (χ2v) is 5.81. The molecule has 0 bridgehead atoms.